The van der Waals surface area contributed by atoms with Crippen LogP contribution in [0.25, 0.3) is 12.2 Å². The average Bonchev–Trinajstić information content (AvgIpc) is 3.46. The van der Waals surface area contributed by atoms with Gasteiger partial charge in [0.15, 0.2) is 0 Å². The molecule has 4 aromatic rings. The maximum Gasteiger partial charge on any atom is 4.00 e. The summed E-state index contributed by atoms with van der Waals surface area (Å²) in [5.74, 6) is 0.606. The first kappa shape index (κ1) is 28.6. The third kappa shape index (κ3) is 5.80. The second-order valence-corrected chi connectivity index (χ2v) is 10.1. The molecule has 2 unspecified atom stereocenters. The molecule has 35 heavy (non-hydrogen) atoms. The Morgan fingerprint density at radius 1 is 0.629 bits per heavy atom. The van der Waals surface area contributed by atoms with E-state index in [4.69, 9.17) is 0 Å². The summed E-state index contributed by atoms with van der Waals surface area (Å²) < 4.78 is 1.17. The molecule has 5 heteroatoms. The number of hydrogen-bond acceptors (Lipinski definition) is 1. The van der Waals surface area contributed by atoms with Gasteiger partial charge in [0.25, 0.3) is 0 Å². The SMILES string of the molecule is Brc1cccc2c1C(c1ccccc1)[C-]=C2.[Br-].[Br-].[C-]1=Cc2cc3ccc2C1c1cccc(c1)S3.[Zr+4]. The zero-order chi connectivity index (χ0) is 21.5. The van der Waals surface area contributed by atoms with E-state index in [2.05, 4.69) is 125 Å². The van der Waals surface area contributed by atoms with Gasteiger partial charge in [-0.1, -0.05) is 117 Å². The molecule has 4 aliphatic rings. The summed E-state index contributed by atoms with van der Waals surface area (Å²) >= 11 is 5.46. The summed E-state index contributed by atoms with van der Waals surface area (Å²) in [6.07, 6.45) is 11.1. The van der Waals surface area contributed by atoms with Gasteiger partial charge >= 0.3 is 26.2 Å². The van der Waals surface area contributed by atoms with Gasteiger partial charge in [-0.3, -0.25) is 12.2 Å². The van der Waals surface area contributed by atoms with E-state index >= 15 is 0 Å². The fraction of sp³-hybridized carbons (Fsp3) is 0.0667. The summed E-state index contributed by atoms with van der Waals surface area (Å²) in [4.78, 5) is 2.64. The van der Waals surface area contributed by atoms with Crippen LogP contribution < -0.4 is 34.0 Å². The molecule has 0 saturated carbocycles. The third-order valence-corrected chi connectivity index (χ3v) is 7.79. The normalized spacial score (nSPS) is 16.8. The van der Waals surface area contributed by atoms with Crippen LogP contribution in [0.1, 0.15) is 45.2 Å². The van der Waals surface area contributed by atoms with E-state index in [1.165, 1.54) is 47.6 Å². The number of rotatable bonds is 1. The summed E-state index contributed by atoms with van der Waals surface area (Å²) in [5, 5.41) is 0. The molecule has 2 atom stereocenters. The van der Waals surface area contributed by atoms with Gasteiger partial charge in [0.05, 0.1) is 0 Å². The van der Waals surface area contributed by atoms with Crippen molar-refractivity contribution in [3.8, 4) is 0 Å². The van der Waals surface area contributed by atoms with E-state index in [1.54, 1.807) is 0 Å². The molecule has 0 saturated heterocycles. The van der Waals surface area contributed by atoms with Crippen LogP contribution in [0.3, 0.4) is 0 Å². The van der Waals surface area contributed by atoms with Crippen molar-refractivity contribution in [2.75, 3.05) is 0 Å². The van der Waals surface area contributed by atoms with Crippen molar-refractivity contribution in [2.24, 2.45) is 0 Å². The van der Waals surface area contributed by atoms with Gasteiger partial charge in [-0.2, -0.15) is 11.1 Å². The first-order chi connectivity index (χ1) is 15.8. The van der Waals surface area contributed by atoms with Crippen molar-refractivity contribution in [3.63, 3.8) is 0 Å². The van der Waals surface area contributed by atoms with Gasteiger partial charge in [0.1, 0.15) is 0 Å². The van der Waals surface area contributed by atoms with E-state index < -0.39 is 0 Å². The van der Waals surface area contributed by atoms with Gasteiger partial charge in [-0.05, 0) is 17.0 Å². The van der Waals surface area contributed by atoms with Crippen molar-refractivity contribution < 1.29 is 60.2 Å². The van der Waals surface area contributed by atoms with E-state index in [-0.39, 0.29) is 66.1 Å². The zero-order valence-electron chi connectivity index (χ0n) is 18.5. The Morgan fingerprint density at radius 3 is 2.14 bits per heavy atom. The fourth-order valence-electron chi connectivity index (χ4n) is 4.59. The summed E-state index contributed by atoms with van der Waals surface area (Å²) in [5.41, 5.74) is 7.97. The summed E-state index contributed by atoms with van der Waals surface area (Å²) in [7, 11) is 0. The topological polar surface area (TPSA) is 0 Å². The van der Waals surface area contributed by atoms with E-state index in [1.807, 2.05) is 17.8 Å². The number of halogens is 3. The second-order valence-electron chi connectivity index (χ2n) is 8.11. The standard InChI is InChI=1S/C15H10Br.C15H9S.2BrH.Zr/c16-14-8-4-7-12-9-10-13(15(12)14)11-5-2-1-3-6-11;1-2-10-8-12(3-1)16-13-5-7-15-11(9-13)4-6-14(10)15;;;/h1-9,13H;1-5,7-9,14H;2*1H;/q2*-1;;;+4/p-2. The number of hydrogen-bond donors (Lipinski definition) is 0. The number of benzene rings is 4. The molecular weight excluding hydrogens is 723 g/mol. The summed E-state index contributed by atoms with van der Waals surface area (Å²) in [6.45, 7) is 0. The van der Waals surface area contributed by atoms with E-state index in [0.717, 1.165) is 0 Å². The number of fused-ring (bicyclic) bond motifs is 2. The Hall–Kier alpha value is -0.967. The smallest absolute Gasteiger partial charge is 1.00 e. The van der Waals surface area contributed by atoms with Crippen LogP contribution >= 0.6 is 27.7 Å². The predicted molar refractivity (Wildman–Crippen MR) is 137 cm³/mol. The van der Waals surface area contributed by atoms with Crippen LogP contribution in [-0.4, -0.2) is 0 Å². The Labute approximate surface area is 260 Å². The van der Waals surface area contributed by atoms with Gasteiger partial charge < -0.3 is 34.0 Å². The molecule has 4 aromatic carbocycles. The molecule has 170 valence electrons. The molecule has 0 radical (unpaired) electrons. The van der Waals surface area contributed by atoms with Crippen LogP contribution in [-0.2, 0) is 26.2 Å². The van der Waals surface area contributed by atoms with Crippen molar-refractivity contribution in [1.82, 2.24) is 0 Å². The zero-order valence-corrected chi connectivity index (χ0v) is 26.5. The Morgan fingerprint density at radius 2 is 1.31 bits per heavy atom. The molecule has 2 heterocycles. The largest absolute Gasteiger partial charge is 4.00 e. The van der Waals surface area contributed by atoms with Gasteiger partial charge in [-0.25, -0.2) is 12.2 Å². The Balaban J connectivity index is 0.000000180. The van der Waals surface area contributed by atoms with Crippen LogP contribution in [0, 0.1) is 12.2 Å². The van der Waals surface area contributed by atoms with E-state index in [0.29, 0.717) is 5.92 Å². The molecule has 0 fully saturated rings. The second kappa shape index (κ2) is 12.5. The van der Waals surface area contributed by atoms with Crippen LogP contribution in [0.15, 0.2) is 105 Å². The quantitative estimate of drug-likeness (QED) is 0.271. The van der Waals surface area contributed by atoms with Gasteiger partial charge in [0.2, 0.25) is 0 Å². The van der Waals surface area contributed by atoms with Gasteiger partial charge in [0, 0.05) is 9.37 Å². The molecular formula is C30H19Br3SZr. The Kier molecular flexibility index (Phi) is 10.2. The molecule has 0 aromatic heterocycles. The maximum absolute atomic E-state index is 3.62. The number of allylic oxidation sites excluding steroid dienone is 2. The predicted octanol–water partition coefficient (Wildman–Crippen LogP) is 2.53. The van der Waals surface area contributed by atoms with Crippen molar-refractivity contribution >= 4 is 39.8 Å². The van der Waals surface area contributed by atoms with Crippen LogP contribution in [0.5, 0.6) is 0 Å². The van der Waals surface area contributed by atoms with Crippen molar-refractivity contribution in [1.29, 1.82) is 0 Å². The van der Waals surface area contributed by atoms with Gasteiger partial charge in [-0.15, -0.1) is 23.3 Å². The minimum atomic E-state index is 0. The minimum Gasteiger partial charge on any atom is -1.00 e. The maximum atomic E-state index is 3.62. The molecule has 0 amide bonds. The average molecular weight is 742 g/mol. The van der Waals surface area contributed by atoms with Crippen molar-refractivity contribution in [3.05, 3.63) is 141 Å². The molecule has 0 N–H and O–H groups in total. The minimum absolute atomic E-state index is 0. The Bertz CT molecular complexity index is 1380. The third-order valence-electron chi connectivity index (χ3n) is 6.12. The first-order valence-corrected chi connectivity index (χ1v) is 12.3. The monoisotopic (exact) mass is 738 g/mol. The summed E-state index contributed by atoms with van der Waals surface area (Å²) in [6, 6.07) is 32.3. The first-order valence-electron chi connectivity index (χ1n) is 10.7. The molecule has 0 nitrogen and oxygen atoms in total. The molecule has 8 rings (SSSR count). The van der Waals surface area contributed by atoms with E-state index in [9.17, 15) is 0 Å². The molecule has 0 spiro atoms. The fourth-order valence-corrected chi connectivity index (χ4v) is 6.13. The molecule has 2 aliphatic carbocycles. The van der Waals surface area contributed by atoms with Crippen LogP contribution in [0.2, 0.25) is 0 Å². The molecule has 2 aliphatic heterocycles. The molecule has 6 bridgehead atoms. The van der Waals surface area contributed by atoms with Crippen LogP contribution in [0.4, 0.5) is 0 Å². The van der Waals surface area contributed by atoms with Crippen molar-refractivity contribution in [2.45, 2.75) is 21.6 Å².